The maximum Gasteiger partial charge on any atom is 0.0387 e. The molecule has 0 aromatic heterocycles. The molecule has 0 aliphatic carbocycles. The number of hydrogen-bond acceptors (Lipinski definition) is 1. The molecule has 0 heterocycles. The van der Waals surface area contributed by atoms with Crippen LogP contribution in [0.3, 0.4) is 0 Å². The molecular formula is C12H15N. The van der Waals surface area contributed by atoms with Gasteiger partial charge >= 0.3 is 0 Å². The number of nitrogen functional groups attached to an aromatic ring is 1. The maximum atomic E-state index is 5.79. The van der Waals surface area contributed by atoms with Crippen molar-refractivity contribution >= 4 is 11.8 Å². The highest BCUT2D eigenvalue weighted by Gasteiger charge is 1.93. The minimum absolute atomic E-state index is 0.808. The Hall–Kier alpha value is -1.50. The standard InChI is InChI=1S/C12H15N/c1-9(2)4-6-11-8-10(3)5-7-12(11)13/h4-8H,1,13H2,2-3H3/b6-4-. The Kier molecular flexibility index (Phi) is 2.91. The van der Waals surface area contributed by atoms with Gasteiger partial charge in [0.05, 0.1) is 0 Å². The van der Waals surface area contributed by atoms with Crippen LogP contribution in [0.5, 0.6) is 0 Å². The lowest BCUT2D eigenvalue weighted by molar-refractivity contribution is 1.46. The van der Waals surface area contributed by atoms with Gasteiger partial charge in [-0.25, -0.2) is 0 Å². The molecule has 0 radical (unpaired) electrons. The van der Waals surface area contributed by atoms with Crippen molar-refractivity contribution in [2.24, 2.45) is 0 Å². The van der Waals surface area contributed by atoms with Crippen LogP contribution >= 0.6 is 0 Å². The van der Waals surface area contributed by atoms with Crippen LogP contribution in [0, 0.1) is 6.92 Å². The summed E-state index contributed by atoms with van der Waals surface area (Å²) in [4.78, 5) is 0. The van der Waals surface area contributed by atoms with Gasteiger partial charge in [0, 0.05) is 5.69 Å². The molecule has 2 N–H and O–H groups in total. The van der Waals surface area contributed by atoms with E-state index in [1.165, 1.54) is 5.56 Å². The average molecular weight is 173 g/mol. The number of hydrogen-bond donors (Lipinski definition) is 1. The lowest BCUT2D eigenvalue weighted by Gasteiger charge is -2.01. The molecule has 0 saturated carbocycles. The summed E-state index contributed by atoms with van der Waals surface area (Å²) in [5.74, 6) is 0. The van der Waals surface area contributed by atoms with Gasteiger partial charge in [-0.2, -0.15) is 0 Å². The third-order valence-corrected chi connectivity index (χ3v) is 1.79. The second-order valence-electron chi connectivity index (χ2n) is 3.31. The Balaban J connectivity index is 3.00. The molecule has 0 saturated heterocycles. The molecule has 0 aliphatic heterocycles. The summed E-state index contributed by atoms with van der Waals surface area (Å²) in [5, 5.41) is 0. The minimum Gasteiger partial charge on any atom is -0.398 e. The molecule has 0 aliphatic rings. The molecule has 0 bridgehead atoms. The van der Waals surface area contributed by atoms with Crippen LogP contribution < -0.4 is 5.73 Å². The monoisotopic (exact) mass is 173 g/mol. The van der Waals surface area contributed by atoms with E-state index in [1.807, 2.05) is 31.2 Å². The fourth-order valence-electron chi connectivity index (χ4n) is 1.07. The summed E-state index contributed by atoms with van der Waals surface area (Å²) in [7, 11) is 0. The summed E-state index contributed by atoms with van der Waals surface area (Å²) in [6.45, 7) is 7.81. The van der Waals surface area contributed by atoms with Crippen LogP contribution in [0.1, 0.15) is 18.1 Å². The van der Waals surface area contributed by atoms with E-state index in [-0.39, 0.29) is 0 Å². The first-order valence-corrected chi connectivity index (χ1v) is 4.29. The average Bonchev–Trinajstić information content (AvgIpc) is 2.06. The normalized spacial score (nSPS) is 10.6. The number of aryl methyl sites for hydroxylation is 1. The zero-order chi connectivity index (χ0) is 9.84. The van der Waals surface area contributed by atoms with Gasteiger partial charge in [0.15, 0.2) is 0 Å². The highest BCUT2D eigenvalue weighted by Crippen LogP contribution is 2.15. The second-order valence-corrected chi connectivity index (χ2v) is 3.31. The van der Waals surface area contributed by atoms with Crippen molar-refractivity contribution in [2.45, 2.75) is 13.8 Å². The summed E-state index contributed by atoms with van der Waals surface area (Å²) >= 11 is 0. The van der Waals surface area contributed by atoms with Crippen molar-refractivity contribution in [1.82, 2.24) is 0 Å². The molecule has 13 heavy (non-hydrogen) atoms. The van der Waals surface area contributed by atoms with Gasteiger partial charge in [-0.1, -0.05) is 35.9 Å². The molecule has 0 unspecified atom stereocenters. The van der Waals surface area contributed by atoms with E-state index in [2.05, 4.69) is 19.6 Å². The third kappa shape index (κ3) is 2.79. The van der Waals surface area contributed by atoms with Crippen LogP contribution in [0.2, 0.25) is 0 Å². The molecule has 0 amide bonds. The van der Waals surface area contributed by atoms with Crippen molar-refractivity contribution in [3.05, 3.63) is 47.6 Å². The highest BCUT2D eigenvalue weighted by atomic mass is 14.5. The van der Waals surface area contributed by atoms with E-state index in [0.717, 1.165) is 16.8 Å². The number of anilines is 1. The van der Waals surface area contributed by atoms with Crippen molar-refractivity contribution in [2.75, 3.05) is 5.73 Å². The Morgan fingerprint density at radius 3 is 2.77 bits per heavy atom. The fourth-order valence-corrected chi connectivity index (χ4v) is 1.07. The summed E-state index contributed by atoms with van der Waals surface area (Å²) in [5.41, 5.74) is 9.91. The predicted molar refractivity (Wildman–Crippen MR) is 59.4 cm³/mol. The quantitative estimate of drug-likeness (QED) is 0.539. The molecular weight excluding hydrogens is 158 g/mol. The first-order chi connectivity index (χ1) is 6.09. The van der Waals surface area contributed by atoms with Crippen LogP contribution in [-0.4, -0.2) is 0 Å². The van der Waals surface area contributed by atoms with E-state index >= 15 is 0 Å². The van der Waals surface area contributed by atoms with Crippen LogP contribution in [-0.2, 0) is 0 Å². The number of benzene rings is 1. The Labute approximate surface area is 79.6 Å². The van der Waals surface area contributed by atoms with E-state index < -0.39 is 0 Å². The topological polar surface area (TPSA) is 26.0 Å². The van der Waals surface area contributed by atoms with Crippen molar-refractivity contribution in [3.8, 4) is 0 Å². The molecule has 1 aromatic carbocycles. The number of allylic oxidation sites excluding steroid dienone is 2. The highest BCUT2D eigenvalue weighted by molar-refractivity contribution is 5.66. The Bertz CT molecular complexity index is 348. The Morgan fingerprint density at radius 1 is 1.46 bits per heavy atom. The predicted octanol–water partition coefficient (Wildman–Crippen LogP) is 3.17. The van der Waals surface area contributed by atoms with E-state index in [4.69, 9.17) is 5.73 Å². The van der Waals surface area contributed by atoms with Crippen LogP contribution in [0.15, 0.2) is 36.4 Å². The van der Waals surface area contributed by atoms with E-state index in [0.29, 0.717) is 0 Å². The van der Waals surface area contributed by atoms with E-state index in [9.17, 15) is 0 Å². The molecule has 68 valence electrons. The maximum absolute atomic E-state index is 5.79. The molecule has 0 fully saturated rings. The molecule has 0 atom stereocenters. The van der Waals surface area contributed by atoms with Crippen molar-refractivity contribution in [1.29, 1.82) is 0 Å². The van der Waals surface area contributed by atoms with Crippen LogP contribution in [0.25, 0.3) is 6.08 Å². The molecule has 1 nitrogen and oxygen atoms in total. The molecule has 1 heteroatoms. The van der Waals surface area contributed by atoms with Gasteiger partial charge < -0.3 is 5.73 Å². The van der Waals surface area contributed by atoms with Crippen molar-refractivity contribution < 1.29 is 0 Å². The number of nitrogens with two attached hydrogens (primary N) is 1. The van der Waals surface area contributed by atoms with Gasteiger partial charge in [0.25, 0.3) is 0 Å². The van der Waals surface area contributed by atoms with Crippen molar-refractivity contribution in [3.63, 3.8) is 0 Å². The zero-order valence-corrected chi connectivity index (χ0v) is 8.17. The smallest absolute Gasteiger partial charge is 0.0387 e. The summed E-state index contributed by atoms with van der Waals surface area (Å²) in [6.07, 6.45) is 3.95. The van der Waals surface area contributed by atoms with E-state index in [1.54, 1.807) is 0 Å². The largest absolute Gasteiger partial charge is 0.398 e. The molecule has 1 aromatic rings. The first-order valence-electron chi connectivity index (χ1n) is 4.29. The second kappa shape index (κ2) is 3.94. The summed E-state index contributed by atoms with van der Waals surface area (Å²) in [6, 6.07) is 6.00. The number of rotatable bonds is 2. The SMILES string of the molecule is C=C(C)/C=C\c1cc(C)ccc1N. The van der Waals surface area contributed by atoms with Gasteiger partial charge in [-0.15, -0.1) is 0 Å². The lowest BCUT2D eigenvalue weighted by atomic mass is 10.1. The first kappa shape index (κ1) is 9.59. The third-order valence-electron chi connectivity index (χ3n) is 1.79. The minimum atomic E-state index is 0.808. The molecule has 1 rings (SSSR count). The zero-order valence-electron chi connectivity index (χ0n) is 8.17. The Morgan fingerprint density at radius 2 is 2.15 bits per heavy atom. The van der Waals surface area contributed by atoms with Gasteiger partial charge in [-0.3, -0.25) is 0 Å². The fraction of sp³-hybridized carbons (Fsp3) is 0.167. The lowest BCUT2D eigenvalue weighted by Crippen LogP contribution is -1.89. The molecule has 0 spiro atoms. The van der Waals surface area contributed by atoms with Gasteiger partial charge in [0.1, 0.15) is 0 Å². The van der Waals surface area contributed by atoms with Gasteiger partial charge in [0.2, 0.25) is 0 Å². The van der Waals surface area contributed by atoms with Crippen LogP contribution in [0.4, 0.5) is 5.69 Å². The summed E-state index contributed by atoms with van der Waals surface area (Å²) < 4.78 is 0. The van der Waals surface area contributed by atoms with Gasteiger partial charge in [-0.05, 0) is 31.5 Å².